The highest BCUT2D eigenvalue weighted by Crippen LogP contribution is 2.46. The van der Waals surface area contributed by atoms with Crippen LogP contribution in [0.15, 0.2) is 6.07 Å². The van der Waals surface area contributed by atoms with E-state index in [1.54, 1.807) is 14.2 Å². The lowest BCUT2D eigenvalue weighted by Crippen LogP contribution is -2.30. The van der Waals surface area contributed by atoms with Crippen molar-refractivity contribution < 1.29 is 14.6 Å². The van der Waals surface area contributed by atoms with Crippen molar-refractivity contribution in [1.29, 1.82) is 0 Å². The summed E-state index contributed by atoms with van der Waals surface area (Å²) in [5.41, 5.74) is 2.10. The molecule has 0 unspecified atom stereocenters. The average Bonchev–Trinajstić information content (AvgIpc) is 2.33. The molecule has 0 fully saturated rings. The van der Waals surface area contributed by atoms with Gasteiger partial charge in [-0.2, -0.15) is 0 Å². The third kappa shape index (κ3) is 1.82. The van der Waals surface area contributed by atoms with Crippen molar-refractivity contribution in [3.8, 4) is 17.2 Å². The van der Waals surface area contributed by atoms with Gasteiger partial charge in [0.2, 0.25) is 5.75 Å². The lowest BCUT2D eigenvalue weighted by Gasteiger charge is -2.33. The van der Waals surface area contributed by atoms with Gasteiger partial charge >= 0.3 is 0 Å². The van der Waals surface area contributed by atoms with E-state index in [1.165, 1.54) is 0 Å². The molecule has 0 spiro atoms. The molecule has 0 aromatic heterocycles. The first-order valence-corrected chi connectivity index (χ1v) is 5.77. The van der Waals surface area contributed by atoms with E-state index in [9.17, 15) is 5.11 Å². The van der Waals surface area contributed by atoms with Crippen LogP contribution in [0.25, 0.3) is 0 Å². The van der Waals surface area contributed by atoms with Crippen LogP contribution in [0.2, 0.25) is 0 Å². The third-order valence-corrected chi connectivity index (χ3v) is 3.58. The Bertz CT molecular complexity index is 431. The molecule has 1 aliphatic heterocycles. The first kappa shape index (κ1) is 12.0. The molecule has 1 aromatic rings. The van der Waals surface area contributed by atoms with Gasteiger partial charge in [0.1, 0.15) is 0 Å². The van der Waals surface area contributed by atoms with Crippen molar-refractivity contribution in [1.82, 2.24) is 4.90 Å². The Morgan fingerprint density at radius 3 is 2.65 bits per heavy atom. The molecular formula is C13H19NO3. The number of hydrogen-bond acceptors (Lipinski definition) is 4. The second-order valence-corrected chi connectivity index (χ2v) is 4.44. The molecule has 2 rings (SSSR count). The molecule has 4 nitrogen and oxygen atoms in total. The SMILES string of the molecule is COc1cc2c(c(O)c1OC)[C@@H](C)N(C)CC2. The predicted molar refractivity (Wildman–Crippen MR) is 66.0 cm³/mol. The van der Waals surface area contributed by atoms with Crippen LogP contribution in [0.1, 0.15) is 24.1 Å². The summed E-state index contributed by atoms with van der Waals surface area (Å²) in [4.78, 5) is 2.22. The molecule has 1 aromatic carbocycles. The van der Waals surface area contributed by atoms with Gasteiger partial charge in [-0.05, 0) is 32.0 Å². The monoisotopic (exact) mass is 237 g/mol. The molecule has 94 valence electrons. The minimum Gasteiger partial charge on any atom is -0.504 e. The Hall–Kier alpha value is -1.42. The lowest BCUT2D eigenvalue weighted by atomic mass is 9.92. The van der Waals surface area contributed by atoms with E-state index in [-0.39, 0.29) is 11.8 Å². The van der Waals surface area contributed by atoms with Gasteiger partial charge in [0.15, 0.2) is 11.5 Å². The Kier molecular flexibility index (Phi) is 3.15. The van der Waals surface area contributed by atoms with Crippen LogP contribution >= 0.6 is 0 Å². The van der Waals surface area contributed by atoms with Crippen LogP contribution in [-0.4, -0.2) is 37.8 Å². The van der Waals surface area contributed by atoms with Gasteiger partial charge in [0.05, 0.1) is 14.2 Å². The Balaban J connectivity index is 2.61. The maximum atomic E-state index is 10.3. The fourth-order valence-electron chi connectivity index (χ4n) is 2.43. The Morgan fingerprint density at radius 2 is 2.06 bits per heavy atom. The molecule has 0 aliphatic carbocycles. The average molecular weight is 237 g/mol. The van der Waals surface area contributed by atoms with Crippen molar-refractivity contribution in [2.24, 2.45) is 0 Å². The van der Waals surface area contributed by atoms with Gasteiger partial charge in [0.25, 0.3) is 0 Å². The summed E-state index contributed by atoms with van der Waals surface area (Å²) in [7, 11) is 5.19. The summed E-state index contributed by atoms with van der Waals surface area (Å²) in [6.07, 6.45) is 0.921. The van der Waals surface area contributed by atoms with Crippen molar-refractivity contribution in [3.05, 3.63) is 17.2 Å². The summed E-state index contributed by atoms with van der Waals surface area (Å²) in [5, 5.41) is 10.3. The first-order chi connectivity index (χ1) is 8.10. The Morgan fingerprint density at radius 1 is 1.35 bits per heavy atom. The topological polar surface area (TPSA) is 41.9 Å². The summed E-state index contributed by atoms with van der Waals surface area (Å²) < 4.78 is 10.5. The van der Waals surface area contributed by atoms with Crippen LogP contribution in [0, 0.1) is 0 Å². The molecular weight excluding hydrogens is 218 g/mol. The number of fused-ring (bicyclic) bond motifs is 1. The van der Waals surface area contributed by atoms with Crippen LogP contribution in [0.3, 0.4) is 0 Å². The van der Waals surface area contributed by atoms with Gasteiger partial charge < -0.3 is 14.6 Å². The van der Waals surface area contributed by atoms with Crippen LogP contribution < -0.4 is 9.47 Å². The maximum absolute atomic E-state index is 10.3. The molecule has 0 saturated carbocycles. The van der Waals surface area contributed by atoms with Crippen LogP contribution in [0.4, 0.5) is 0 Å². The smallest absolute Gasteiger partial charge is 0.203 e. The van der Waals surface area contributed by atoms with Gasteiger partial charge in [-0.1, -0.05) is 0 Å². The fourth-order valence-corrected chi connectivity index (χ4v) is 2.43. The molecule has 4 heteroatoms. The van der Waals surface area contributed by atoms with E-state index in [4.69, 9.17) is 9.47 Å². The molecule has 0 bridgehead atoms. The minimum absolute atomic E-state index is 0.193. The number of likely N-dealkylation sites (N-methyl/N-ethyl adjacent to an activating group) is 1. The highest BCUT2D eigenvalue weighted by atomic mass is 16.5. The number of aromatic hydroxyl groups is 1. The zero-order chi connectivity index (χ0) is 12.6. The number of phenols is 1. The van der Waals surface area contributed by atoms with E-state index in [1.807, 2.05) is 6.07 Å². The zero-order valence-electron chi connectivity index (χ0n) is 10.8. The van der Waals surface area contributed by atoms with Crippen LogP contribution in [0.5, 0.6) is 17.2 Å². The third-order valence-electron chi connectivity index (χ3n) is 3.58. The van der Waals surface area contributed by atoms with Crippen LogP contribution in [-0.2, 0) is 6.42 Å². The molecule has 1 N–H and O–H groups in total. The van der Waals surface area contributed by atoms with E-state index < -0.39 is 0 Å². The van der Waals surface area contributed by atoms with E-state index in [0.29, 0.717) is 11.5 Å². The minimum atomic E-state index is 0.193. The summed E-state index contributed by atoms with van der Waals surface area (Å²) >= 11 is 0. The van der Waals surface area contributed by atoms with Crippen molar-refractivity contribution in [2.75, 3.05) is 27.8 Å². The summed E-state index contributed by atoms with van der Waals surface area (Å²) in [5.74, 6) is 1.23. The van der Waals surface area contributed by atoms with E-state index >= 15 is 0 Å². The molecule has 17 heavy (non-hydrogen) atoms. The van der Waals surface area contributed by atoms with Crippen molar-refractivity contribution >= 4 is 0 Å². The highest BCUT2D eigenvalue weighted by molar-refractivity contribution is 5.59. The normalized spacial score (nSPS) is 19.9. The number of nitrogens with zero attached hydrogens (tertiary/aromatic N) is 1. The van der Waals surface area contributed by atoms with Gasteiger partial charge in [-0.25, -0.2) is 0 Å². The Labute approximate surface area is 102 Å². The second kappa shape index (κ2) is 4.45. The lowest BCUT2D eigenvalue weighted by molar-refractivity contribution is 0.237. The standard InChI is InChI=1S/C13H19NO3/c1-8-11-9(5-6-14(8)2)7-10(16-3)13(17-4)12(11)15/h7-8,15H,5-6H2,1-4H3/t8-/m1/s1. The number of rotatable bonds is 2. The van der Waals surface area contributed by atoms with Gasteiger partial charge in [0, 0.05) is 18.2 Å². The number of ether oxygens (including phenoxy) is 2. The summed E-state index contributed by atoms with van der Waals surface area (Å²) in [6.45, 7) is 3.08. The highest BCUT2D eigenvalue weighted by Gasteiger charge is 2.28. The molecule has 1 aliphatic rings. The second-order valence-electron chi connectivity index (χ2n) is 4.44. The van der Waals surface area contributed by atoms with Crippen molar-refractivity contribution in [3.63, 3.8) is 0 Å². The molecule has 0 saturated heterocycles. The maximum Gasteiger partial charge on any atom is 0.203 e. The number of methoxy groups -OCH3 is 2. The molecule has 1 heterocycles. The van der Waals surface area contributed by atoms with Gasteiger partial charge in [-0.3, -0.25) is 4.90 Å². The number of benzene rings is 1. The number of phenolic OH excluding ortho intramolecular Hbond substituents is 1. The molecule has 0 amide bonds. The van der Waals surface area contributed by atoms with E-state index in [2.05, 4.69) is 18.9 Å². The predicted octanol–water partition coefficient (Wildman–Crippen LogP) is 1.96. The molecule has 1 atom stereocenters. The largest absolute Gasteiger partial charge is 0.504 e. The summed E-state index contributed by atoms with van der Waals surface area (Å²) in [6, 6.07) is 2.16. The van der Waals surface area contributed by atoms with Gasteiger partial charge in [-0.15, -0.1) is 0 Å². The fraction of sp³-hybridized carbons (Fsp3) is 0.538. The zero-order valence-corrected chi connectivity index (χ0v) is 10.8. The quantitative estimate of drug-likeness (QED) is 0.853. The van der Waals surface area contributed by atoms with E-state index in [0.717, 1.165) is 24.1 Å². The number of hydrogen-bond donors (Lipinski definition) is 1. The molecule has 0 radical (unpaired) electrons. The first-order valence-electron chi connectivity index (χ1n) is 5.77. The van der Waals surface area contributed by atoms with Crippen molar-refractivity contribution in [2.45, 2.75) is 19.4 Å².